The van der Waals surface area contributed by atoms with E-state index in [1.54, 1.807) is 0 Å². The summed E-state index contributed by atoms with van der Waals surface area (Å²) < 4.78 is 44.9. The summed E-state index contributed by atoms with van der Waals surface area (Å²) in [6.45, 7) is 0. The lowest BCUT2D eigenvalue weighted by molar-refractivity contribution is 0.0996. The van der Waals surface area contributed by atoms with Crippen molar-refractivity contribution in [3.63, 3.8) is 0 Å². The third-order valence-electron chi connectivity index (χ3n) is 1.84. The molecule has 0 saturated heterocycles. The number of nitrogens with two attached hydrogens (primary N) is 3. The summed E-state index contributed by atoms with van der Waals surface area (Å²) in [5.74, 6) is -1.13. The van der Waals surface area contributed by atoms with Crippen LogP contribution in [0.4, 0.5) is 0 Å². The number of hydrogen-bond donors (Lipinski definition) is 3. The van der Waals surface area contributed by atoms with Crippen LogP contribution in [0.5, 0.6) is 0 Å². The molecule has 1 aromatic rings. The van der Waals surface area contributed by atoms with Crippen LogP contribution in [0.1, 0.15) is 10.4 Å². The Morgan fingerprint density at radius 2 is 1.53 bits per heavy atom. The highest BCUT2D eigenvalue weighted by atomic mass is 32.2. The predicted molar refractivity (Wildman–Crippen MR) is 57.7 cm³/mol. The number of sulfonamides is 2. The van der Waals surface area contributed by atoms with Crippen LogP contribution in [0.3, 0.4) is 0 Å². The molecule has 0 aliphatic carbocycles. The lowest BCUT2D eigenvalue weighted by Crippen LogP contribution is -2.25. The predicted octanol–water partition coefficient (Wildman–Crippen LogP) is -1.92. The fourth-order valence-corrected chi connectivity index (χ4v) is 3.38. The quantitative estimate of drug-likeness (QED) is 0.586. The fraction of sp³-hybridized carbons (Fsp3) is 0. The van der Waals surface area contributed by atoms with Crippen molar-refractivity contribution in [1.29, 1.82) is 0 Å². The zero-order valence-corrected chi connectivity index (χ0v) is 9.95. The van der Waals surface area contributed by atoms with Crippen molar-refractivity contribution < 1.29 is 21.6 Å². The fourth-order valence-electron chi connectivity index (χ4n) is 1.23. The molecule has 0 unspecified atom stereocenters. The first kappa shape index (κ1) is 13.6. The topological polar surface area (TPSA) is 163 Å². The van der Waals surface area contributed by atoms with Crippen LogP contribution >= 0.6 is 0 Å². The number of hydrogen-bond acceptors (Lipinski definition) is 5. The molecule has 10 heteroatoms. The second-order valence-electron chi connectivity index (χ2n) is 3.09. The van der Waals surface area contributed by atoms with Gasteiger partial charge in [0.05, 0.1) is 5.56 Å². The summed E-state index contributed by atoms with van der Waals surface area (Å²) in [5, 5.41) is 9.66. The van der Waals surface area contributed by atoms with Gasteiger partial charge in [-0.05, 0) is 12.1 Å². The van der Waals surface area contributed by atoms with Crippen LogP contribution in [0.15, 0.2) is 28.0 Å². The number of primary sulfonamides is 2. The molecule has 94 valence electrons. The Hall–Kier alpha value is -1.49. The van der Waals surface area contributed by atoms with E-state index in [0.717, 1.165) is 18.2 Å². The molecule has 1 aromatic carbocycles. The molecule has 0 heterocycles. The summed E-state index contributed by atoms with van der Waals surface area (Å²) in [5.41, 5.74) is 4.40. The molecule has 0 aliphatic heterocycles. The first-order chi connectivity index (χ1) is 7.55. The Morgan fingerprint density at radius 1 is 1.00 bits per heavy atom. The van der Waals surface area contributed by atoms with Crippen molar-refractivity contribution in [2.45, 2.75) is 9.79 Å². The van der Waals surface area contributed by atoms with E-state index in [0.29, 0.717) is 0 Å². The van der Waals surface area contributed by atoms with Crippen molar-refractivity contribution in [3.8, 4) is 0 Å². The molecule has 0 saturated carbocycles. The maximum absolute atomic E-state index is 11.3. The molecule has 0 atom stereocenters. The third-order valence-corrected chi connectivity index (χ3v) is 3.93. The highest BCUT2D eigenvalue weighted by Gasteiger charge is 2.26. The minimum Gasteiger partial charge on any atom is -0.366 e. The first-order valence-electron chi connectivity index (χ1n) is 4.03. The Bertz CT molecular complexity index is 677. The molecule has 0 aliphatic rings. The van der Waals surface area contributed by atoms with E-state index in [9.17, 15) is 21.6 Å². The normalized spacial score (nSPS) is 12.4. The molecular formula is C7H9N3O5S2. The van der Waals surface area contributed by atoms with Gasteiger partial charge in [0.15, 0.2) is 0 Å². The second kappa shape index (κ2) is 4.07. The van der Waals surface area contributed by atoms with Crippen LogP contribution in [0.2, 0.25) is 0 Å². The van der Waals surface area contributed by atoms with Crippen molar-refractivity contribution in [2.75, 3.05) is 0 Å². The van der Waals surface area contributed by atoms with Gasteiger partial charge < -0.3 is 5.73 Å². The van der Waals surface area contributed by atoms with Crippen molar-refractivity contribution in [1.82, 2.24) is 0 Å². The maximum Gasteiger partial charge on any atom is 0.250 e. The third kappa shape index (κ3) is 2.79. The van der Waals surface area contributed by atoms with Gasteiger partial charge >= 0.3 is 0 Å². The van der Waals surface area contributed by atoms with E-state index in [4.69, 9.17) is 16.0 Å². The number of carbonyl (C=O) groups excluding carboxylic acids is 1. The van der Waals surface area contributed by atoms with Crippen molar-refractivity contribution in [2.24, 2.45) is 16.0 Å². The second-order valence-corrected chi connectivity index (χ2v) is 6.12. The van der Waals surface area contributed by atoms with Gasteiger partial charge in [-0.25, -0.2) is 27.1 Å². The molecule has 1 rings (SSSR count). The molecule has 0 radical (unpaired) electrons. The molecular weight excluding hydrogens is 270 g/mol. The number of rotatable bonds is 3. The number of amides is 1. The number of benzene rings is 1. The van der Waals surface area contributed by atoms with Gasteiger partial charge in [0.25, 0.3) is 0 Å². The van der Waals surface area contributed by atoms with Gasteiger partial charge in [-0.2, -0.15) is 0 Å². The van der Waals surface area contributed by atoms with Crippen LogP contribution < -0.4 is 16.0 Å². The largest absolute Gasteiger partial charge is 0.366 e. The summed E-state index contributed by atoms with van der Waals surface area (Å²) in [6.07, 6.45) is 0. The smallest absolute Gasteiger partial charge is 0.250 e. The minimum absolute atomic E-state index is 0.529. The average Bonchev–Trinajstić information content (AvgIpc) is 2.13. The van der Waals surface area contributed by atoms with E-state index in [1.165, 1.54) is 0 Å². The molecule has 8 nitrogen and oxygen atoms in total. The zero-order chi connectivity index (χ0) is 13.4. The number of carbonyl (C=O) groups is 1. The zero-order valence-electron chi connectivity index (χ0n) is 8.32. The molecule has 0 aromatic heterocycles. The Labute approximate surface area is 97.5 Å². The van der Waals surface area contributed by atoms with Gasteiger partial charge in [0.1, 0.15) is 9.79 Å². The summed E-state index contributed by atoms with van der Waals surface area (Å²) in [7, 11) is -8.79. The summed E-state index contributed by atoms with van der Waals surface area (Å²) >= 11 is 0. The molecule has 0 spiro atoms. The van der Waals surface area contributed by atoms with E-state index >= 15 is 0 Å². The molecule has 1 amide bonds. The Kier molecular flexibility index (Phi) is 3.25. The van der Waals surface area contributed by atoms with Crippen molar-refractivity contribution in [3.05, 3.63) is 23.8 Å². The van der Waals surface area contributed by atoms with E-state index in [2.05, 4.69) is 0 Å². The van der Waals surface area contributed by atoms with E-state index in [-0.39, 0.29) is 0 Å². The van der Waals surface area contributed by atoms with E-state index < -0.39 is 41.3 Å². The first-order valence-corrected chi connectivity index (χ1v) is 7.13. The SMILES string of the molecule is NC(=O)c1cccc(S(N)(=O)=O)c1S(N)(=O)=O. The van der Waals surface area contributed by atoms with Gasteiger partial charge in [-0.3, -0.25) is 4.79 Å². The minimum atomic E-state index is -4.45. The van der Waals surface area contributed by atoms with Crippen LogP contribution in [-0.2, 0) is 20.0 Å². The van der Waals surface area contributed by atoms with Gasteiger partial charge in [0, 0.05) is 0 Å². The lowest BCUT2D eigenvalue weighted by Gasteiger charge is -2.08. The highest BCUT2D eigenvalue weighted by molar-refractivity contribution is 7.92. The average molecular weight is 279 g/mol. The van der Waals surface area contributed by atoms with Crippen LogP contribution in [0, 0.1) is 0 Å². The van der Waals surface area contributed by atoms with Gasteiger partial charge in [-0.15, -0.1) is 0 Å². The molecule has 0 fully saturated rings. The van der Waals surface area contributed by atoms with E-state index in [1.807, 2.05) is 0 Å². The molecule has 6 N–H and O–H groups in total. The number of primary amides is 1. The van der Waals surface area contributed by atoms with Crippen LogP contribution in [-0.4, -0.2) is 22.7 Å². The molecule has 17 heavy (non-hydrogen) atoms. The highest BCUT2D eigenvalue weighted by Crippen LogP contribution is 2.22. The van der Waals surface area contributed by atoms with Gasteiger partial charge in [-0.1, -0.05) is 6.07 Å². The summed E-state index contributed by atoms with van der Waals surface area (Å²) in [6, 6.07) is 3.09. The molecule has 0 bridgehead atoms. The van der Waals surface area contributed by atoms with Gasteiger partial charge in [0.2, 0.25) is 26.0 Å². The standard InChI is InChI=1S/C7H9N3O5S2/c8-7(11)4-2-1-3-5(16(9,12)13)6(4)17(10,14)15/h1-3H,(H2,8,11)(H2,9,12,13)(H2,10,14,15). The Morgan fingerprint density at radius 3 is 1.88 bits per heavy atom. The monoisotopic (exact) mass is 279 g/mol. The Balaban J connectivity index is 3.90. The van der Waals surface area contributed by atoms with Crippen LogP contribution in [0.25, 0.3) is 0 Å². The maximum atomic E-state index is 11.3. The lowest BCUT2D eigenvalue weighted by atomic mass is 10.2. The summed E-state index contributed by atoms with van der Waals surface area (Å²) in [4.78, 5) is 9.35. The van der Waals surface area contributed by atoms with Crippen molar-refractivity contribution >= 4 is 26.0 Å².